The molecule has 1 saturated carbocycles. The molecule has 5 heteroatoms. The molecule has 2 aromatic carbocycles. The van der Waals surface area contributed by atoms with E-state index in [1.165, 1.54) is 24.8 Å². The molecule has 2 fully saturated rings. The average molecular weight is 513 g/mol. The first-order valence-electron chi connectivity index (χ1n) is 11.7. The second-order valence-electron chi connectivity index (χ2n) is 9.25. The summed E-state index contributed by atoms with van der Waals surface area (Å²) in [5.74, 6) is 1.08. The number of amides is 1. The number of benzene rings is 2. The van der Waals surface area contributed by atoms with Crippen LogP contribution in [0.5, 0.6) is 5.75 Å². The van der Waals surface area contributed by atoms with Crippen LogP contribution in [0.1, 0.15) is 55.7 Å². The fourth-order valence-electron chi connectivity index (χ4n) is 5.42. The number of nitrogens with zero attached hydrogens (tertiary/aromatic N) is 1. The molecule has 1 saturated heterocycles. The number of likely N-dealkylation sites (tertiary alicyclic amines) is 1. The van der Waals surface area contributed by atoms with Gasteiger partial charge in [-0.2, -0.15) is 0 Å². The zero-order valence-electron chi connectivity index (χ0n) is 20.5. The van der Waals surface area contributed by atoms with Crippen molar-refractivity contribution in [2.45, 2.75) is 65.3 Å². The normalized spacial score (nSPS) is 17.8. The number of ether oxygens (including phenoxy) is 1. The number of aryl methyl sites for hydroxylation is 3. The molecule has 2 aliphatic rings. The number of anilines is 1. The molecule has 1 radical (unpaired) electrons. The number of hydrogen-bond acceptors (Lipinski definition) is 2. The first kappa shape index (κ1) is 27.0. The van der Waals surface area contributed by atoms with Crippen molar-refractivity contribution in [2.75, 3.05) is 32.1 Å². The first-order valence-corrected chi connectivity index (χ1v) is 11.7. The van der Waals surface area contributed by atoms with Crippen molar-refractivity contribution < 1.29 is 46.7 Å². The van der Waals surface area contributed by atoms with Gasteiger partial charge in [0.1, 0.15) is 5.75 Å². The van der Waals surface area contributed by atoms with Crippen molar-refractivity contribution >= 4 is 11.6 Å². The Labute approximate surface area is 219 Å². The van der Waals surface area contributed by atoms with Crippen molar-refractivity contribution in [3.63, 3.8) is 0 Å². The van der Waals surface area contributed by atoms with Crippen molar-refractivity contribution in [1.29, 1.82) is 0 Å². The maximum atomic E-state index is 13.4. The van der Waals surface area contributed by atoms with Gasteiger partial charge < -0.3 is 14.5 Å². The minimum atomic E-state index is -0.204. The maximum Gasteiger partial charge on any atom is 0.285 e. The summed E-state index contributed by atoms with van der Waals surface area (Å²) in [6.07, 6.45) is 5.74. The number of hydrogen-bond donors (Lipinski definition) is 1. The number of nitrogens with one attached hydrogen (secondary N) is 1. The van der Waals surface area contributed by atoms with Crippen molar-refractivity contribution in [3.05, 3.63) is 59.2 Å². The molecule has 1 heterocycles. The predicted octanol–water partition coefficient (Wildman–Crippen LogP) is 5.80. The summed E-state index contributed by atoms with van der Waals surface area (Å²) in [5, 5.41) is 3.30. The van der Waals surface area contributed by atoms with Crippen LogP contribution in [0.25, 0.3) is 0 Å². The van der Waals surface area contributed by atoms with Crippen molar-refractivity contribution in [3.8, 4) is 5.75 Å². The Morgan fingerprint density at radius 2 is 1.56 bits per heavy atom. The quantitative estimate of drug-likeness (QED) is 0.515. The van der Waals surface area contributed by atoms with E-state index in [0.717, 1.165) is 59.5 Å². The van der Waals surface area contributed by atoms with Crippen LogP contribution >= 0.6 is 0 Å². The Hall–Kier alpha value is -1.23. The van der Waals surface area contributed by atoms with Crippen LogP contribution in [0.4, 0.5) is 5.69 Å². The summed E-state index contributed by atoms with van der Waals surface area (Å²) in [7, 11) is 1.68. The van der Waals surface area contributed by atoms with Crippen LogP contribution in [-0.4, -0.2) is 42.7 Å². The molecule has 1 N–H and O–H groups in total. The third-order valence-electron chi connectivity index (χ3n) is 7.46. The number of methoxy groups -OCH3 is 1. The fourth-order valence-corrected chi connectivity index (χ4v) is 5.42. The summed E-state index contributed by atoms with van der Waals surface area (Å²) in [4.78, 5) is 13.4. The van der Waals surface area contributed by atoms with Gasteiger partial charge in [-0.25, -0.2) is 0 Å². The monoisotopic (exact) mass is 512 g/mol. The van der Waals surface area contributed by atoms with Gasteiger partial charge in [-0.1, -0.05) is 35.9 Å². The Balaban J connectivity index is 0.000000388. The number of quaternary nitrogens is 1. The molecule has 1 amide bonds. The van der Waals surface area contributed by atoms with E-state index in [9.17, 15) is 4.79 Å². The molecule has 0 aromatic heterocycles. The Morgan fingerprint density at radius 1 is 1.00 bits per heavy atom. The van der Waals surface area contributed by atoms with E-state index in [0.29, 0.717) is 0 Å². The Bertz CT molecular complexity index is 865. The van der Waals surface area contributed by atoms with Crippen LogP contribution in [0, 0.1) is 20.8 Å². The SMILES string of the molecule is CC[N+]1(C2(C(=O)Nc3c(C)cc(OC)cc3C)CCC2)CCCC1.Cc1ccccc1.[Y]. The second-order valence-corrected chi connectivity index (χ2v) is 9.25. The maximum absolute atomic E-state index is 13.4. The summed E-state index contributed by atoms with van der Waals surface area (Å²) >= 11 is 0. The number of likely N-dealkylation sites (N-methyl/N-ethyl adjacent to an activating group) is 1. The molecule has 4 nitrogen and oxygen atoms in total. The topological polar surface area (TPSA) is 38.3 Å². The van der Waals surface area contributed by atoms with E-state index in [1.807, 2.05) is 44.2 Å². The van der Waals surface area contributed by atoms with E-state index in [4.69, 9.17) is 4.74 Å². The van der Waals surface area contributed by atoms with Crippen LogP contribution in [0.3, 0.4) is 0 Å². The van der Waals surface area contributed by atoms with Gasteiger partial charge in [-0.3, -0.25) is 4.79 Å². The molecule has 171 valence electrons. The Kier molecular flexibility index (Phi) is 9.93. The number of carbonyl (C=O) groups is 1. The molecule has 0 atom stereocenters. The molecule has 0 spiro atoms. The predicted molar refractivity (Wildman–Crippen MR) is 129 cm³/mol. The standard InChI is InChI=1S/C20H30N2O2.C7H8.Y/c1-5-22(11-6-7-12-22)20(9-8-10-20)19(23)21-18-15(2)13-17(24-4)14-16(18)3;1-7-5-3-2-4-6-7;/h13-14H,5-12H2,1-4H3;2-6H,1H3;/p+1. The van der Waals surface area contributed by atoms with Gasteiger partial charge in [-0.05, 0) is 57.4 Å². The first-order chi connectivity index (χ1) is 14.9. The minimum Gasteiger partial charge on any atom is -0.497 e. The van der Waals surface area contributed by atoms with Crippen molar-refractivity contribution in [2.24, 2.45) is 0 Å². The summed E-state index contributed by atoms with van der Waals surface area (Å²) in [6.45, 7) is 11.8. The molecule has 1 aliphatic heterocycles. The van der Waals surface area contributed by atoms with Crippen LogP contribution in [0.15, 0.2) is 42.5 Å². The van der Waals surface area contributed by atoms with Gasteiger partial charge in [-0.15, -0.1) is 0 Å². The molecule has 0 bridgehead atoms. The van der Waals surface area contributed by atoms with E-state index in [-0.39, 0.29) is 44.2 Å². The number of carbonyl (C=O) groups excluding carboxylic acids is 1. The van der Waals surface area contributed by atoms with Crippen LogP contribution in [0.2, 0.25) is 0 Å². The summed E-state index contributed by atoms with van der Waals surface area (Å²) in [5.41, 5.74) is 4.21. The summed E-state index contributed by atoms with van der Waals surface area (Å²) in [6, 6.07) is 14.3. The van der Waals surface area contributed by atoms with E-state index in [1.54, 1.807) is 7.11 Å². The van der Waals surface area contributed by atoms with Gasteiger partial charge in [0.2, 0.25) is 0 Å². The molecular weight excluding hydrogens is 473 g/mol. The molecule has 1 aliphatic carbocycles. The third-order valence-corrected chi connectivity index (χ3v) is 7.46. The van der Waals surface area contributed by atoms with Gasteiger partial charge in [0.05, 0.1) is 26.7 Å². The zero-order chi connectivity index (χ0) is 22.5. The molecule has 0 unspecified atom stereocenters. The van der Waals surface area contributed by atoms with Gasteiger partial charge >= 0.3 is 0 Å². The average Bonchev–Trinajstić information content (AvgIpc) is 3.21. The summed E-state index contributed by atoms with van der Waals surface area (Å²) < 4.78 is 6.33. The van der Waals surface area contributed by atoms with Gasteiger partial charge in [0.15, 0.2) is 5.54 Å². The van der Waals surface area contributed by atoms with Crippen molar-refractivity contribution in [1.82, 2.24) is 0 Å². The molecular formula is C27H39N2O2Y+. The minimum absolute atomic E-state index is 0. The van der Waals surface area contributed by atoms with Crippen LogP contribution < -0.4 is 10.1 Å². The van der Waals surface area contributed by atoms with E-state index >= 15 is 0 Å². The van der Waals surface area contributed by atoms with E-state index < -0.39 is 0 Å². The molecule has 4 rings (SSSR count). The molecule has 2 aromatic rings. The van der Waals surface area contributed by atoms with E-state index in [2.05, 4.69) is 31.3 Å². The smallest absolute Gasteiger partial charge is 0.285 e. The fraction of sp³-hybridized carbons (Fsp3) is 0.519. The molecule has 32 heavy (non-hydrogen) atoms. The Morgan fingerprint density at radius 3 is 1.94 bits per heavy atom. The number of rotatable bonds is 5. The second kappa shape index (κ2) is 11.8. The van der Waals surface area contributed by atoms with Gasteiger partial charge in [0, 0.05) is 64.1 Å². The largest absolute Gasteiger partial charge is 0.497 e. The zero-order valence-corrected chi connectivity index (χ0v) is 23.4. The third kappa shape index (κ3) is 5.46. The van der Waals surface area contributed by atoms with Crippen LogP contribution in [-0.2, 0) is 37.5 Å². The van der Waals surface area contributed by atoms with Gasteiger partial charge in [0.25, 0.3) is 5.91 Å².